The van der Waals surface area contributed by atoms with Gasteiger partial charge in [0, 0.05) is 23.2 Å². The third kappa shape index (κ3) is 5.68. The van der Waals surface area contributed by atoms with Gasteiger partial charge in [0.1, 0.15) is 10.6 Å². The van der Waals surface area contributed by atoms with Crippen molar-refractivity contribution in [1.29, 1.82) is 0 Å². The zero-order valence-corrected chi connectivity index (χ0v) is 17.3. The van der Waals surface area contributed by atoms with Crippen LogP contribution in [0.1, 0.15) is 13.3 Å². The van der Waals surface area contributed by atoms with E-state index in [-0.39, 0.29) is 22.6 Å². The van der Waals surface area contributed by atoms with E-state index in [9.17, 15) is 22.6 Å². The van der Waals surface area contributed by atoms with Crippen molar-refractivity contribution in [1.82, 2.24) is 0 Å². The number of carbonyl (C=O) groups excluding carboxylic acids is 2. The van der Waals surface area contributed by atoms with Crippen molar-refractivity contribution in [3.05, 3.63) is 72.8 Å². The maximum absolute atomic E-state index is 12.4. The Kier molecular flexibility index (Phi) is 6.68. The molecule has 3 aromatic carbocycles. The number of ether oxygens (including phenoxy) is 1. The number of carbonyl (C=O) groups is 2. The van der Waals surface area contributed by atoms with Gasteiger partial charge in [-0.25, -0.2) is 4.79 Å². The van der Waals surface area contributed by atoms with Crippen LogP contribution in [-0.2, 0) is 14.9 Å². The smallest absolute Gasteiger partial charge is 0.323 e. The zero-order chi connectivity index (χ0) is 22.4. The van der Waals surface area contributed by atoms with E-state index in [2.05, 4.69) is 10.6 Å². The van der Waals surface area contributed by atoms with Gasteiger partial charge in [-0.2, -0.15) is 8.42 Å². The van der Waals surface area contributed by atoms with E-state index in [0.717, 1.165) is 6.07 Å². The number of nitrogens with one attached hydrogen (secondary N) is 2. The molecule has 2 amide bonds. The van der Waals surface area contributed by atoms with Crippen LogP contribution >= 0.6 is 0 Å². The van der Waals surface area contributed by atoms with Gasteiger partial charge in [0.2, 0.25) is 0 Å². The standard InChI is InChI=1S/C22H20N2O6S/c1-2-21(25)30-16-12-13-20(31(27,28)29)18(14-16)17-10-6-7-11-19(17)24-22(26)23-15-8-4-3-5-9-15/h3-14H,2H2,1H3,(H2,23,24,26)(H,27,28,29). The lowest BCUT2D eigenvalue weighted by Gasteiger charge is -2.15. The minimum Gasteiger partial charge on any atom is -0.427 e. The molecule has 0 saturated carbocycles. The van der Waals surface area contributed by atoms with Crippen LogP contribution in [0.25, 0.3) is 11.1 Å². The number of benzene rings is 3. The molecule has 3 aromatic rings. The van der Waals surface area contributed by atoms with Gasteiger partial charge in [0.05, 0.1) is 5.69 Å². The fourth-order valence-electron chi connectivity index (χ4n) is 2.84. The second kappa shape index (κ2) is 9.41. The Morgan fingerprint density at radius 2 is 1.58 bits per heavy atom. The van der Waals surface area contributed by atoms with Crippen molar-refractivity contribution in [3.63, 3.8) is 0 Å². The predicted octanol–water partition coefficient (Wildman–Crippen LogP) is 4.56. The Morgan fingerprint density at radius 1 is 0.903 bits per heavy atom. The maximum atomic E-state index is 12.4. The average molecular weight is 440 g/mol. The molecule has 0 heterocycles. The lowest BCUT2D eigenvalue weighted by Crippen LogP contribution is -2.19. The molecule has 0 unspecified atom stereocenters. The number of para-hydroxylation sites is 2. The Morgan fingerprint density at radius 3 is 2.26 bits per heavy atom. The van der Waals surface area contributed by atoms with E-state index in [1.165, 1.54) is 12.1 Å². The summed E-state index contributed by atoms with van der Waals surface area (Å²) in [4.78, 5) is 23.7. The molecule has 0 aliphatic rings. The van der Waals surface area contributed by atoms with E-state index < -0.39 is 22.1 Å². The van der Waals surface area contributed by atoms with Crippen LogP contribution < -0.4 is 15.4 Å². The fourth-order valence-corrected chi connectivity index (χ4v) is 3.53. The van der Waals surface area contributed by atoms with Crippen molar-refractivity contribution < 1.29 is 27.3 Å². The largest absolute Gasteiger partial charge is 0.427 e. The fraction of sp³-hybridized carbons (Fsp3) is 0.0909. The van der Waals surface area contributed by atoms with Crippen LogP contribution in [0.2, 0.25) is 0 Å². The van der Waals surface area contributed by atoms with Gasteiger partial charge in [0.15, 0.2) is 0 Å². The summed E-state index contributed by atoms with van der Waals surface area (Å²) in [5.74, 6) is -0.392. The van der Waals surface area contributed by atoms with Crippen LogP contribution in [0.15, 0.2) is 77.7 Å². The Bertz CT molecular complexity index is 1210. The lowest BCUT2D eigenvalue weighted by atomic mass is 10.0. The molecule has 9 heteroatoms. The maximum Gasteiger partial charge on any atom is 0.323 e. The van der Waals surface area contributed by atoms with Gasteiger partial charge in [-0.15, -0.1) is 0 Å². The topological polar surface area (TPSA) is 122 Å². The average Bonchev–Trinajstić information content (AvgIpc) is 2.74. The second-order valence-electron chi connectivity index (χ2n) is 6.45. The Labute approximate surface area is 179 Å². The lowest BCUT2D eigenvalue weighted by molar-refractivity contribution is -0.134. The van der Waals surface area contributed by atoms with Gasteiger partial charge in [-0.3, -0.25) is 9.35 Å². The molecule has 3 N–H and O–H groups in total. The second-order valence-corrected chi connectivity index (χ2v) is 7.84. The molecule has 8 nitrogen and oxygen atoms in total. The molecule has 0 spiro atoms. The highest BCUT2D eigenvalue weighted by molar-refractivity contribution is 7.86. The Balaban J connectivity index is 2.01. The molecule has 0 aliphatic heterocycles. The van der Waals surface area contributed by atoms with Gasteiger partial charge >= 0.3 is 12.0 Å². The molecule has 0 aliphatic carbocycles. The van der Waals surface area contributed by atoms with Crippen molar-refractivity contribution >= 4 is 33.5 Å². The van der Waals surface area contributed by atoms with Crippen LogP contribution in [0.5, 0.6) is 5.75 Å². The number of amides is 2. The number of esters is 1. The van der Waals surface area contributed by atoms with Gasteiger partial charge in [-0.05, 0) is 36.4 Å². The third-order valence-corrected chi connectivity index (χ3v) is 5.16. The first kappa shape index (κ1) is 22.0. The first-order chi connectivity index (χ1) is 14.8. The molecule has 0 atom stereocenters. The summed E-state index contributed by atoms with van der Waals surface area (Å²) >= 11 is 0. The molecule has 0 fully saturated rings. The highest BCUT2D eigenvalue weighted by Gasteiger charge is 2.21. The first-order valence-corrected chi connectivity index (χ1v) is 10.8. The quantitative estimate of drug-likeness (QED) is 0.293. The summed E-state index contributed by atoms with van der Waals surface area (Å²) in [6.07, 6.45) is 0.132. The van der Waals surface area contributed by atoms with Crippen LogP contribution in [0, 0.1) is 0 Å². The predicted molar refractivity (Wildman–Crippen MR) is 117 cm³/mol. The monoisotopic (exact) mass is 440 g/mol. The van der Waals surface area contributed by atoms with E-state index in [1.807, 2.05) is 6.07 Å². The third-order valence-electron chi connectivity index (χ3n) is 4.25. The van der Waals surface area contributed by atoms with Crippen molar-refractivity contribution in [2.24, 2.45) is 0 Å². The van der Waals surface area contributed by atoms with Crippen LogP contribution in [-0.4, -0.2) is 25.0 Å². The van der Waals surface area contributed by atoms with E-state index in [4.69, 9.17) is 4.74 Å². The number of rotatable bonds is 6. The zero-order valence-electron chi connectivity index (χ0n) is 16.5. The summed E-state index contributed by atoms with van der Waals surface area (Å²) in [7, 11) is -4.59. The van der Waals surface area contributed by atoms with Crippen LogP contribution in [0.3, 0.4) is 0 Å². The molecular weight excluding hydrogens is 420 g/mol. The highest BCUT2D eigenvalue weighted by atomic mass is 32.2. The van der Waals surface area contributed by atoms with Crippen molar-refractivity contribution in [2.75, 3.05) is 10.6 Å². The van der Waals surface area contributed by atoms with Gasteiger partial charge < -0.3 is 15.4 Å². The normalized spacial score (nSPS) is 10.9. The van der Waals surface area contributed by atoms with E-state index in [1.54, 1.807) is 55.5 Å². The number of hydrogen-bond donors (Lipinski definition) is 3. The molecule has 3 rings (SSSR count). The summed E-state index contributed by atoms with van der Waals surface area (Å²) in [6, 6.07) is 18.5. The number of hydrogen-bond acceptors (Lipinski definition) is 5. The SMILES string of the molecule is CCC(=O)Oc1ccc(S(=O)(=O)O)c(-c2ccccc2NC(=O)Nc2ccccc2)c1. The summed E-state index contributed by atoms with van der Waals surface area (Å²) in [5.41, 5.74) is 1.25. The summed E-state index contributed by atoms with van der Waals surface area (Å²) < 4.78 is 38.7. The molecule has 31 heavy (non-hydrogen) atoms. The minimum absolute atomic E-state index is 0.0690. The highest BCUT2D eigenvalue weighted by Crippen LogP contribution is 2.35. The van der Waals surface area contributed by atoms with E-state index in [0.29, 0.717) is 16.9 Å². The van der Waals surface area contributed by atoms with Crippen molar-refractivity contribution in [2.45, 2.75) is 18.2 Å². The molecule has 160 valence electrons. The summed E-state index contributed by atoms with van der Waals surface area (Å²) in [6.45, 7) is 1.63. The van der Waals surface area contributed by atoms with Gasteiger partial charge in [-0.1, -0.05) is 43.3 Å². The molecule has 0 radical (unpaired) electrons. The van der Waals surface area contributed by atoms with Gasteiger partial charge in [0.25, 0.3) is 10.1 Å². The molecule has 0 saturated heterocycles. The molecule has 0 aromatic heterocycles. The molecule has 0 bridgehead atoms. The molecular formula is C22H20N2O6S. The number of urea groups is 1. The first-order valence-electron chi connectivity index (χ1n) is 9.32. The minimum atomic E-state index is -4.59. The summed E-state index contributed by atoms with van der Waals surface area (Å²) in [5, 5.41) is 5.35. The van der Waals surface area contributed by atoms with Crippen LogP contribution in [0.4, 0.5) is 16.2 Å². The van der Waals surface area contributed by atoms with Crippen molar-refractivity contribution in [3.8, 4) is 16.9 Å². The number of anilines is 2. The Hall–Kier alpha value is -3.69. The van der Waals surface area contributed by atoms with E-state index >= 15 is 0 Å².